The van der Waals surface area contributed by atoms with E-state index in [1.807, 2.05) is 37.1 Å². The molecule has 0 aliphatic rings. The highest BCUT2D eigenvalue weighted by Crippen LogP contribution is 2.38. The van der Waals surface area contributed by atoms with Gasteiger partial charge in [-0.25, -0.2) is 9.97 Å². The van der Waals surface area contributed by atoms with Gasteiger partial charge in [0.25, 0.3) is 0 Å². The smallest absolute Gasteiger partial charge is 0.217 e. The normalized spacial score (nSPS) is 11.2. The fourth-order valence-electron chi connectivity index (χ4n) is 3.06. The first-order valence-corrected chi connectivity index (χ1v) is 9.14. The maximum Gasteiger partial charge on any atom is 0.217 e. The van der Waals surface area contributed by atoms with Crippen LogP contribution in [0.15, 0.2) is 36.7 Å². The van der Waals surface area contributed by atoms with E-state index < -0.39 is 0 Å². The highest BCUT2D eigenvalue weighted by atomic mass is 32.1. The molecule has 1 aromatic carbocycles. The number of anilines is 1. The summed E-state index contributed by atoms with van der Waals surface area (Å²) in [5.74, 6) is 0.761. The quantitative estimate of drug-likeness (QED) is 0.580. The Hall–Kier alpha value is -2.93. The molecule has 2 N–H and O–H groups in total. The van der Waals surface area contributed by atoms with Gasteiger partial charge in [-0.3, -0.25) is 4.79 Å². The molecule has 7 heteroatoms. The predicted molar refractivity (Wildman–Crippen MR) is 106 cm³/mol. The number of imidazole rings is 1. The number of hydrogen-bond acceptors (Lipinski definition) is 5. The molecule has 1 amide bonds. The third-order valence-corrected chi connectivity index (χ3v) is 5.49. The van der Waals surface area contributed by atoms with Crippen LogP contribution in [0, 0.1) is 0 Å². The van der Waals surface area contributed by atoms with Crippen molar-refractivity contribution < 1.29 is 4.79 Å². The number of rotatable bonds is 4. The van der Waals surface area contributed by atoms with Crippen LogP contribution >= 0.6 is 11.3 Å². The molecule has 6 nitrogen and oxygen atoms in total. The van der Waals surface area contributed by atoms with Crippen LogP contribution in [0.1, 0.15) is 12.5 Å². The van der Waals surface area contributed by atoms with Gasteiger partial charge in [0.15, 0.2) is 5.82 Å². The molecule has 3 heterocycles. The van der Waals surface area contributed by atoms with Crippen LogP contribution in [-0.2, 0) is 18.4 Å². The Balaban J connectivity index is 1.83. The summed E-state index contributed by atoms with van der Waals surface area (Å²) in [6.45, 7) is 2.06. The van der Waals surface area contributed by atoms with Crippen LogP contribution in [-0.4, -0.2) is 27.5 Å². The monoisotopic (exact) mass is 365 g/mol. The second-order valence-corrected chi connectivity index (χ2v) is 7.25. The summed E-state index contributed by atoms with van der Waals surface area (Å²) in [7, 11) is 3.86. The van der Waals surface area contributed by atoms with Crippen LogP contribution in [0.2, 0.25) is 0 Å². The van der Waals surface area contributed by atoms with Crippen molar-refractivity contribution in [2.24, 2.45) is 7.05 Å². The van der Waals surface area contributed by atoms with Crippen LogP contribution < -0.4 is 10.6 Å². The number of hydrogen-bond donors (Lipinski definition) is 2. The van der Waals surface area contributed by atoms with Crippen molar-refractivity contribution in [3.8, 4) is 10.4 Å². The molecule has 26 heavy (non-hydrogen) atoms. The molecule has 0 aliphatic heterocycles. The lowest BCUT2D eigenvalue weighted by Gasteiger charge is -2.04. The van der Waals surface area contributed by atoms with Gasteiger partial charge >= 0.3 is 0 Å². The molecule has 132 valence electrons. The van der Waals surface area contributed by atoms with Crippen LogP contribution in [0.3, 0.4) is 0 Å². The molecule has 0 atom stereocenters. The first kappa shape index (κ1) is 16.5. The average Bonchev–Trinajstić information content (AvgIpc) is 3.23. The minimum Gasteiger partial charge on any atom is -0.371 e. The molecule has 0 radical (unpaired) electrons. The number of pyridine rings is 1. The standard InChI is InChI=1S/C19H19N5OS/c1-11(25)21-9-12-5-4-6-13(7-12)15-8-14-18(26-15)17-16(19(20-2)23-14)22-10-24(17)3/h4-8,10H,9H2,1-3H3,(H,20,23)(H,21,25). The van der Waals surface area contributed by atoms with Crippen LogP contribution in [0.5, 0.6) is 0 Å². The molecule has 0 unspecified atom stereocenters. The molecular formula is C19H19N5OS. The third-order valence-electron chi connectivity index (χ3n) is 4.31. The fourth-order valence-corrected chi connectivity index (χ4v) is 4.24. The second-order valence-electron chi connectivity index (χ2n) is 6.20. The lowest BCUT2D eigenvalue weighted by Crippen LogP contribution is -2.18. The average molecular weight is 365 g/mol. The van der Waals surface area contributed by atoms with E-state index in [0.717, 1.165) is 43.1 Å². The minimum absolute atomic E-state index is 0.0281. The summed E-state index contributed by atoms with van der Waals surface area (Å²) in [5.41, 5.74) is 5.12. The zero-order valence-electron chi connectivity index (χ0n) is 14.8. The Labute approximate surface area is 154 Å². The van der Waals surface area contributed by atoms with E-state index in [2.05, 4.69) is 33.8 Å². The Morgan fingerprint density at radius 3 is 2.92 bits per heavy atom. The Morgan fingerprint density at radius 1 is 1.31 bits per heavy atom. The van der Waals surface area contributed by atoms with Gasteiger partial charge in [0.05, 0.1) is 22.1 Å². The highest BCUT2D eigenvalue weighted by Gasteiger charge is 2.15. The molecule has 4 aromatic rings. The molecule has 0 aliphatic carbocycles. The number of carbonyl (C=O) groups excluding carboxylic acids is 1. The lowest BCUT2D eigenvalue weighted by molar-refractivity contribution is -0.119. The number of aromatic nitrogens is 3. The third kappa shape index (κ3) is 2.80. The van der Waals surface area contributed by atoms with Crippen molar-refractivity contribution in [2.45, 2.75) is 13.5 Å². The van der Waals surface area contributed by atoms with Gasteiger partial charge in [-0.05, 0) is 23.3 Å². The minimum atomic E-state index is -0.0281. The molecule has 4 rings (SSSR count). The van der Waals surface area contributed by atoms with Crippen LogP contribution in [0.25, 0.3) is 31.7 Å². The van der Waals surface area contributed by atoms with Crippen molar-refractivity contribution in [3.63, 3.8) is 0 Å². The molecule has 0 fully saturated rings. The summed E-state index contributed by atoms with van der Waals surface area (Å²) >= 11 is 1.71. The van der Waals surface area contributed by atoms with E-state index in [1.54, 1.807) is 11.3 Å². The maximum absolute atomic E-state index is 11.1. The Morgan fingerprint density at radius 2 is 2.15 bits per heavy atom. The van der Waals surface area contributed by atoms with Crippen molar-refractivity contribution in [2.75, 3.05) is 12.4 Å². The first-order valence-electron chi connectivity index (χ1n) is 8.33. The van der Waals surface area contributed by atoms with Crippen molar-refractivity contribution in [3.05, 3.63) is 42.2 Å². The summed E-state index contributed by atoms with van der Waals surface area (Å²) in [6.07, 6.45) is 1.82. The summed E-state index contributed by atoms with van der Waals surface area (Å²) in [5, 5.41) is 5.98. The Bertz CT molecular complexity index is 1130. The summed E-state index contributed by atoms with van der Waals surface area (Å²) < 4.78 is 3.16. The van der Waals surface area contributed by atoms with E-state index in [-0.39, 0.29) is 5.91 Å². The van der Waals surface area contributed by atoms with Crippen molar-refractivity contribution in [1.82, 2.24) is 19.9 Å². The van der Waals surface area contributed by atoms with Gasteiger partial charge in [-0.2, -0.15) is 0 Å². The number of aryl methyl sites for hydroxylation is 1. The number of benzene rings is 1. The van der Waals surface area contributed by atoms with Gasteiger partial charge in [-0.1, -0.05) is 18.2 Å². The number of amides is 1. The van der Waals surface area contributed by atoms with Gasteiger partial charge < -0.3 is 15.2 Å². The van der Waals surface area contributed by atoms with E-state index >= 15 is 0 Å². The fraction of sp³-hybridized carbons (Fsp3) is 0.211. The van der Waals surface area contributed by atoms with Crippen LogP contribution in [0.4, 0.5) is 5.82 Å². The van der Waals surface area contributed by atoms with Gasteiger partial charge in [-0.15, -0.1) is 11.3 Å². The predicted octanol–water partition coefficient (Wildman–Crippen LogP) is 3.53. The molecule has 3 aromatic heterocycles. The molecular weight excluding hydrogens is 346 g/mol. The number of carbonyl (C=O) groups is 1. The lowest BCUT2D eigenvalue weighted by atomic mass is 10.1. The zero-order valence-corrected chi connectivity index (χ0v) is 15.6. The SMILES string of the molecule is CNc1nc2cc(-c3cccc(CNC(C)=O)c3)sc2c2c1ncn2C. The van der Waals surface area contributed by atoms with E-state index in [9.17, 15) is 4.79 Å². The number of thiophene rings is 1. The van der Waals surface area contributed by atoms with Crippen molar-refractivity contribution in [1.29, 1.82) is 0 Å². The van der Waals surface area contributed by atoms with Gasteiger partial charge in [0.1, 0.15) is 5.52 Å². The number of nitrogens with zero attached hydrogens (tertiary/aromatic N) is 3. The largest absolute Gasteiger partial charge is 0.371 e. The number of fused-ring (bicyclic) bond motifs is 3. The van der Waals surface area contributed by atoms with E-state index in [0.29, 0.717) is 6.54 Å². The highest BCUT2D eigenvalue weighted by molar-refractivity contribution is 7.23. The van der Waals surface area contributed by atoms with E-state index in [1.165, 1.54) is 6.92 Å². The van der Waals surface area contributed by atoms with Crippen molar-refractivity contribution >= 4 is 44.3 Å². The first-order chi connectivity index (χ1) is 12.6. The number of nitrogens with one attached hydrogen (secondary N) is 2. The topological polar surface area (TPSA) is 71.8 Å². The van der Waals surface area contributed by atoms with E-state index in [4.69, 9.17) is 4.98 Å². The molecule has 0 bridgehead atoms. The molecule has 0 saturated carbocycles. The van der Waals surface area contributed by atoms with Gasteiger partial charge in [0, 0.05) is 32.4 Å². The molecule has 0 spiro atoms. The zero-order chi connectivity index (χ0) is 18.3. The summed E-state index contributed by atoms with van der Waals surface area (Å²) in [6, 6.07) is 10.3. The maximum atomic E-state index is 11.1. The van der Waals surface area contributed by atoms with Gasteiger partial charge in [0.2, 0.25) is 5.91 Å². The second kappa shape index (κ2) is 6.42. The molecule has 0 saturated heterocycles. The Kier molecular flexibility index (Phi) is 4.08. The summed E-state index contributed by atoms with van der Waals surface area (Å²) in [4.78, 5) is 21.5.